The van der Waals surface area contributed by atoms with Crippen LogP contribution in [0.3, 0.4) is 0 Å². The third-order valence-corrected chi connectivity index (χ3v) is 6.68. The first-order valence-corrected chi connectivity index (χ1v) is 10.3. The highest BCUT2D eigenvalue weighted by molar-refractivity contribution is 8.00. The number of anilines is 1. The van der Waals surface area contributed by atoms with Gasteiger partial charge in [-0.2, -0.15) is 0 Å². The number of para-hydroxylation sites is 1. The smallest absolute Gasteiger partial charge is 0.212 e. The maximum absolute atomic E-state index is 11.8. The number of hydrogen-bond acceptors (Lipinski definition) is 5. The standard InChI is InChI=1S/C12H20N2O3S3/c1-10(19(2)15)9-14-20(16,17)8-7-18-12-6-4-3-5-11(12)13/h3-6,10,14H,7-9,13H2,1-2H3. The van der Waals surface area contributed by atoms with Crippen molar-refractivity contribution in [3.8, 4) is 0 Å². The molecule has 0 spiro atoms. The van der Waals surface area contributed by atoms with E-state index in [1.165, 1.54) is 11.8 Å². The summed E-state index contributed by atoms with van der Waals surface area (Å²) in [5, 5.41) is -0.192. The molecule has 0 fully saturated rings. The van der Waals surface area contributed by atoms with Gasteiger partial charge in [-0.1, -0.05) is 12.1 Å². The van der Waals surface area contributed by atoms with Gasteiger partial charge in [0.1, 0.15) is 0 Å². The molecular formula is C12H20N2O3S3. The zero-order valence-corrected chi connectivity index (χ0v) is 14.0. The topological polar surface area (TPSA) is 89.3 Å². The molecule has 2 unspecified atom stereocenters. The molecule has 0 heterocycles. The van der Waals surface area contributed by atoms with Crippen LogP contribution in [0, 0.1) is 0 Å². The van der Waals surface area contributed by atoms with E-state index >= 15 is 0 Å². The molecule has 2 atom stereocenters. The summed E-state index contributed by atoms with van der Waals surface area (Å²) in [5.41, 5.74) is 6.43. The molecule has 1 aromatic carbocycles. The normalized spacial score (nSPS) is 14.9. The number of nitrogens with one attached hydrogen (secondary N) is 1. The van der Waals surface area contributed by atoms with Crippen LogP contribution < -0.4 is 10.5 Å². The Morgan fingerprint density at radius 1 is 1.40 bits per heavy atom. The van der Waals surface area contributed by atoms with E-state index < -0.39 is 20.8 Å². The molecule has 8 heteroatoms. The summed E-state index contributed by atoms with van der Waals surface area (Å²) < 4.78 is 37.2. The van der Waals surface area contributed by atoms with Crippen molar-refractivity contribution in [3.63, 3.8) is 0 Å². The molecule has 1 aromatic rings. The first kappa shape index (κ1) is 17.5. The number of thioether (sulfide) groups is 1. The second kappa shape index (κ2) is 8.02. The molecule has 0 saturated carbocycles. The Bertz CT molecular complexity index is 561. The maximum Gasteiger partial charge on any atom is 0.212 e. The second-order valence-corrected chi connectivity index (χ2v) is 9.23. The lowest BCUT2D eigenvalue weighted by atomic mass is 10.3. The fourth-order valence-corrected chi connectivity index (χ4v) is 4.22. The fourth-order valence-electron chi connectivity index (χ4n) is 1.31. The highest BCUT2D eigenvalue weighted by atomic mass is 32.2. The minimum absolute atomic E-state index is 0.00900. The molecule has 0 aliphatic rings. The lowest BCUT2D eigenvalue weighted by Crippen LogP contribution is -2.34. The van der Waals surface area contributed by atoms with Crippen molar-refractivity contribution in [1.82, 2.24) is 4.72 Å². The number of hydrogen-bond donors (Lipinski definition) is 2. The fraction of sp³-hybridized carbons (Fsp3) is 0.500. The molecule has 5 nitrogen and oxygen atoms in total. The minimum Gasteiger partial charge on any atom is -0.398 e. The van der Waals surface area contributed by atoms with E-state index in [0.29, 0.717) is 11.4 Å². The van der Waals surface area contributed by atoms with Gasteiger partial charge in [0.25, 0.3) is 0 Å². The van der Waals surface area contributed by atoms with Gasteiger partial charge < -0.3 is 5.73 Å². The third kappa shape index (κ3) is 6.25. The van der Waals surface area contributed by atoms with Crippen molar-refractivity contribution in [2.45, 2.75) is 17.1 Å². The summed E-state index contributed by atoms with van der Waals surface area (Å²) in [7, 11) is -4.37. The van der Waals surface area contributed by atoms with Gasteiger partial charge in [0.15, 0.2) is 0 Å². The molecule has 0 aliphatic carbocycles. The molecule has 0 aromatic heterocycles. The highest BCUT2D eigenvalue weighted by Crippen LogP contribution is 2.24. The number of nitrogen functional groups attached to an aromatic ring is 1. The summed E-state index contributed by atoms with van der Waals surface area (Å²) in [4.78, 5) is 0.880. The number of benzene rings is 1. The number of rotatable bonds is 8. The lowest BCUT2D eigenvalue weighted by molar-refractivity contribution is 0.582. The Morgan fingerprint density at radius 3 is 2.65 bits per heavy atom. The third-order valence-electron chi connectivity index (χ3n) is 2.69. The van der Waals surface area contributed by atoms with Crippen LogP contribution in [-0.4, -0.2) is 42.2 Å². The van der Waals surface area contributed by atoms with Crippen molar-refractivity contribution >= 4 is 38.3 Å². The van der Waals surface area contributed by atoms with Crippen LogP contribution in [0.5, 0.6) is 0 Å². The summed E-state index contributed by atoms with van der Waals surface area (Å²) >= 11 is 1.41. The van der Waals surface area contributed by atoms with Crippen molar-refractivity contribution in [2.24, 2.45) is 0 Å². The highest BCUT2D eigenvalue weighted by Gasteiger charge is 2.14. The summed E-state index contributed by atoms with van der Waals surface area (Å²) in [6.45, 7) is 1.95. The van der Waals surface area contributed by atoms with Gasteiger partial charge in [-0.05, 0) is 19.1 Å². The molecule has 0 amide bonds. The monoisotopic (exact) mass is 336 g/mol. The molecule has 0 saturated heterocycles. The van der Waals surface area contributed by atoms with Crippen molar-refractivity contribution in [2.75, 3.05) is 30.0 Å². The van der Waals surface area contributed by atoms with Gasteiger partial charge in [-0.15, -0.1) is 11.8 Å². The molecule has 20 heavy (non-hydrogen) atoms. The van der Waals surface area contributed by atoms with Crippen LogP contribution in [0.4, 0.5) is 5.69 Å². The zero-order valence-electron chi connectivity index (χ0n) is 11.5. The summed E-state index contributed by atoms with van der Waals surface area (Å²) in [5.74, 6) is 0.433. The number of sulfonamides is 1. The first-order valence-electron chi connectivity index (χ1n) is 6.08. The average molecular weight is 337 g/mol. The second-order valence-electron chi connectivity index (χ2n) is 4.36. The van der Waals surface area contributed by atoms with Gasteiger partial charge in [0, 0.05) is 45.2 Å². The van der Waals surface area contributed by atoms with Gasteiger partial charge >= 0.3 is 0 Å². The molecule has 0 radical (unpaired) electrons. The van der Waals surface area contributed by atoms with E-state index in [1.54, 1.807) is 19.2 Å². The average Bonchev–Trinajstić information content (AvgIpc) is 2.38. The molecule has 0 aliphatic heterocycles. The Morgan fingerprint density at radius 2 is 2.05 bits per heavy atom. The molecule has 0 bridgehead atoms. The minimum atomic E-state index is -3.34. The Balaban J connectivity index is 2.40. The van der Waals surface area contributed by atoms with E-state index in [9.17, 15) is 12.6 Å². The number of nitrogens with two attached hydrogens (primary N) is 1. The Labute approximate surface area is 127 Å². The van der Waals surface area contributed by atoms with Crippen LogP contribution in [0.25, 0.3) is 0 Å². The van der Waals surface area contributed by atoms with E-state index in [2.05, 4.69) is 4.72 Å². The van der Waals surface area contributed by atoms with Crippen molar-refractivity contribution < 1.29 is 12.6 Å². The van der Waals surface area contributed by atoms with Gasteiger partial charge in [0.05, 0.1) is 5.75 Å². The molecule has 114 valence electrons. The Hall–Kier alpha value is -0.570. The predicted octanol–water partition coefficient (Wildman–Crippen LogP) is 1.05. The SMILES string of the molecule is CC(CNS(=O)(=O)CCSc1ccccc1N)S(C)=O. The maximum atomic E-state index is 11.8. The van der Waals surface area contributed by atoms with E-state index in [1.807, 2.05) is 18.2 Å². The first-order chi connectivity index (χ1) is 9.32. The largest absolute Gasteiger partial charge is 0.398 e. The van der Waals surface area contributed by atoms with Gasteiger partial charge in [0.2, 0.25) is 10.0 Å². The van der Waals surface area contributed by atoms with Gasteiger partial charge in [-0.3, -0.25) is 4.21 Å². The van der Waals surface area contributed by atoms with E-state index in [4.69, 9.17) is 5.73 Å². The van der Waals surface area contributed by atoms with Crippen LogP contribution in [0.2, 0.25) is 0 Å². The van der Waals surface area contributed by atoms with Crippen molar-refractivity contribution in [1.29, 1.82) is 0 Å². The summed E-state index contributed by atoms with van der Waals surface area (Å²) in [6.07, 6.45) is 1.56. The van der Waals surface area contributed by atoms with Gasteiger partial charge in [-0.25, -0.2) is 13.1 Å². The van der Waals surface area contributed by atoms with Crippen LogP contribution in [-0.2, 0) is 20.8 Å². The molecule has 1 rings (SSSR count). The van der Waals surface area contributed by atoms with Crippen LogP contribution >= 0.6 is 11.8 Å². The van der Waals surface area contributed by atoms with Crippen molar-refractivity contribution in [3.05, 3.63) is 24.3 Å². The molecular weight excluding hydrogens is 316 g/mol. The predicted molar refractivity (Wildman–Crippen MR) is 86.9 cm³/mol. The van der Waals surface area contributed by atoms with E-state index in [-0.39, 0.29) is 17.5 Å². The summed E-state index contributed by atoms with van der Waals surface area (Å²) in [6, 6.07) is 7.35. The quantitative estimate of drug-likeness (QED) is 0.547. The van der Waals surface area contributed by atoms with Crippen LogP contribution in [0.15, 0.2) is 29.2 Å². The van der Waals surface area contributed by atoms with E-state index in [0.717, 1.165) is 4.90 Å². The van der Waals surface area contributed by atoms with Crippen LogP contribution in [0.1, 0.15) is 6.92 Å². The molecule has 3 N–H and O–H groups in total. The zero-order chi connectivity index (χ0) is 15.2. The Kier molecular flexibility index (Phi) is 7.01. The lowest BCUT2D eigenvalue weighted by Gasteiger charge is -2.10.